The zero-order chi connectivity index (χ0) is 10.1. The normalized spacial score (nSPS) is 15.2. The van der Waals surface area contributed by atoms with E-state index in [1.165, 1.54) is 6.07 Å². The number of hydrogen-bond acceptors (Lipinski definition) is 3. The van der Waals surface area contributed by atoms with Crippen LogP contribution in [0.1, 0.15) is 12.8 Å². The fraction of sp³-hybridized carbons (Fsp3) is 0.333. The van der Waals surface area contributed by atoms with Crippen LogP contribution in [0, 0.1) is 10.1 Å². The van der Waals surface area contributed by atoms with Gasteiger partial charge in [-0.05, 0) is 34.8 Å². The lowest BCUT2D eigenvalue weighted by molar-refractivity contribution is -0.384. The lowest BCUT2D eigenvalue weighted by Crippen LogP contribution is -2.02. The van der Waals surface area contributed by atoms with E-state index >= 15 is 0 Å². The van der Waals surface area contributed by atoms with Crippen LogP contribution >= 0.6 is 15.9 Å². The van der Waals surface area contributed by atoms with Gasteiger partial charge in [-0.1, -0.05) is 0 Å². The highest BCUT2D eigenvalue weighted by Crippen LogP contribution is 2.32. The Labute approximate surface area is 89.6 Å². The molecule has 2 rings (SSSR count). The van der Waals surface area contributed by atoms with E-state index < -0.39 is 0 Å². The van der Waals surface area contributed by atoms with Crippen molar-refractivity contribution in [2.75, 3.05) is 5.32 Å². The number of halogens is 1. The molecule has 0 saturated heterocycles. The van der Waals surface area contributed by atoms with Crippen LogP contribution in [-0.4, -0.2) is 11.0 Å². The maximum atomic E-state index is 10.5. The Kier molecular flexibility index (Phi) is 2.41. The first-order valence-corrected chi connectivity index (χ1v) is 5.16. The summed E-state index contributed by atoms with van der Waals surface area (Å²) < 4.78 is 0.870. The van der Waals surface area contributed by atoms with Crippen LogP contribution in [0.5, 0.6) is 0 Å². The Morgan fingerprint density at radius 1 is 1.50 bits per heavy atom. The molecule has 1 aromatic rings. The molecule has 1 saturated carbocycles. The van der Waals surface area contributed by atoms with Crippen molar-refractivity contribution in [1.29, 1.82) is 0 Å². The highest BCUT2D eigenvalue weighted by molar-refractivity contribution is 9.10. The van der Waals surface area contributed by atoms with E-state index in [1.54, 1.807) is 12.1 Å². The van der Waals surface area contributed by atoms with Gasteiger partial charge in [0.1, 0.15) is 0 Å². The van der Waals surface area contributed by atoms with Gasteiger partial charge in [0.2, 0.25) is 0 Å². The first kappa shape index (κ1) is 9.45. The zero-order valence-corrected chi connectivity index (χ0v) is 8.95. The molecule has 1 fully saturated rings. The minimum atomic E-state index is -0.384. The van der Waals surface area contributed by atoms with Crippen LogP contribution in [0.4, 0.5) is 11.4 Å². The molecule has 0 amide bonds. The summed E-state index contributed by atoms with van der Waals surface area (Å²) in [6.45, 7) is 0. The average Bonchev–Trinajstić information content (AvgIpc) is 2.92. The number of nitro benzene ring substituents is 1. The fourth-order valence-corrected chi connectivity index (χ4v) is 1.55. The number of anilines is 1. The summed E-state index contributed by atoms with van der Waals surface area (Å²) in [6, 6.07) is 5.24. The van der Waals surface area contributed by atoms with Gasteiger partial charge in [-0.15, -0.1) is 0 Å². The maximum absolute atomic E-state index is 10.5. The van der Waals surface area contributed by atoms with Crippen molar-refractivity contribution < 1.29 is 4.92 Å². The molecule has 0 bridgehead atoms. The van der Waals surface area contributed by atoms with Gasteiger partial charge in [0, 0.05) is 22.6 Å². The smallest absolute Gasteiger partial charge is 0.271 e. The number of nitro groups is 1. The molecule has 1 aliphatic carbocycles. The number of non-ortho nitro benzene ring substituents is 1. The quantitative estimate of drug-likeness (QED) is 0.669. The van der Waals surface area contributed by atoms with E-state index in [0.29, 0.717) is 6.04 Å². The molecule has 5 heteroatoms. The molecule has 0 spiro atoms. The Balaban J connectivity index is 2.26. The van der Waals surface area contributed by atoms with Crippen LogP contribution in [0.2, 0.25) is 0 Å². The lowest BCUT2D eigenvalue weighted by atomic mass is 10.3. The molecule has 0 atom stereocenters. The van der Waals surface area contributed by atoms with Crippen LogP contribution in [0.25, 0.3) is 0 Å². The van der Waals surface area contributed by atoms with Gasteiger partial charge in [0.15, 0.2) is 0 Å². The SMILES string of the molecule is O=[N+]([O-])c1ccc(Br)c(NC2CC2)c1. The van der Waals surface area contributed by atoms with Crippen molar-refractivity contribution in [2.24, 2.45) is 0 Å². The molecule has 0 aromatic heterocycles. The third-order valence-electron chi connectivity index (χ3n) is 2.10. The predicted octanol–water partition coefficient (Wildman–Crippen LogP) is 2.93. The van der Waals surface area contributed by atoms with Crippen molar-refractivity contribution in [3.8, 4) is 0 Å². The number of hydrogen-bond donors (Lipinski definition) is 1. The first-order chi connectivity index (χ1) is 6.66. The van der Waals surface area contributed by atoms with Gasteiger partial charge < -0.3 is 5.32 Å². The molecule has 0 unspecified atom stereocenters. The Morgan fingerprint density at radius 3 is 2.79 bits per heavy atom. The van der Waals surface area contributed by atoms with E-state index in [4.69, 9.17) is 0 Å². The minimum absolute atomic E-state index is 0.122. The van der Waals surface area contributed by atoms with Gasteiger partial charge in [-0.2, -0.15) is 0 Å². The van der Waals surface area contributed by atoms with Gasteiger partial charge in [0.25, 0.3) is 5.69 Å². The number of nitrogens with zero attached hydrogens (tertiary/aromatic N) is 1. The van der Waals surface area contributed by atoms with E-state index in [0.717, 1.165) is 23.0 Å². The summed E-state index contributed by atoms with van der Waals surface area (Å²) in [5.74, 6) is 0. The molecule has 0 heterocycles. The summed E-state index contributed by atoms with van der Waals surface area (Å²) in [4.78, 5) is 10.1. The van der Waals surface area contributed by atoms with Gasteiger partial charge in [-0.3, -0.25) is 10.1 Å². The Bertz CT molecular complexity index is 377. The van der Waals surface area contributed by atoms with Crippen LogP contribution in [-0.2, 0) is 0 Å². The molecular formula is C9H9BrN2O2. The second-order valence-electron chi connectivity index (χ2n) is 3.34. The van der Waals surface area contributed by atoms with Crippen molar-refractivity contribution in [2.45, 2.75) is 18.9 Å². The molecular weight excluding hydrogens is 248 g/mol. The summed E-state index contributed by atoms with van der Waals surface area (Å²) in [6.07, 6.45) is 2.30. The Morgan fingerprint density at radius 2 is 2.21 bits per heavy atom. The highest BCUT2D eigenvalue weighted by atomic mass is 79.9. The van der Waals surface area contributed by atoms with Gasteiger partial charge >= 0.3 is 0 Å². The average molecular weight is 257 g/mol. The number of rotatable bonds is 3. The monoisotopic (exact) mass is 256 g/mol. The van der Waals surface area contributed by atoms with Gasteiger partial charge in [0.05, 0.1) is 10.6 Å². The van der Waals surface area contributed by atoms with Gasteiger partial charge in [-0.25, -0.2) is 0 Å². The molecule has 1 aromatic carbocycles. The molecule has 74 valence electrons. The molecule has 14 heavy (non-hydrogen) atoms. The van der Waals surface area contributed by atoms with Crippen LogP contribution in [0.15, 0.2) is 22.7 Å². The van der Waals surface area contributed by atoms with E-state index in [9.17, 15) is 10.1 Å². The van der Waals surface area contributed by atoms with Crippen molar-refractivity contribution >= 4 is 27.3 Å². The second kappa shape index (κ2) is 3.57. The molecule has 0 aliphatic heterocycles. The van der Waals surface area contributed by atoms with Crippen molar-refractivity contribution in [3.05, 3.63) is 32.8 Å². The zero-order valence-electron chi connectivity index (χ0n) is 7.37. The minimum Gasteiger partial charge on any atom is -0.381 e. The molecule has 4 nitrogen and oxygen atoms in total. The standard InChI is InChI=1S/C9H9BrN2O2/c10-8-4-3-7(12(13)14)5-9(8)11-6-1-2-6/h3-6,11H,1-2H2. The maximum Gasteiger partial charge on any atom is 0.271 e. The molecule has 1 N–H and O–H groups in total. The molecule has 1 aliphatic rings. The van der Waals surface area contributed by atoms with Crippen LogP contribution in [0.3, 0.4) is 0 Å². The number of nitrogens with one attached hydrogen (secondary N) is 1. The second-order valence-corrected chi connectivity index (χ2v) is 4.19. The van der Waals surface area contributed by atoms with Crippen molar-refractivity contribution in [1.82, 2.24) is 0 Å². The summed E-state index contributed by atoms with van der Waals surface area (Å²) in [5.41, 5.74) is 0.929. The summed E-state index contributed by atoms with van der Waals surface area (Å²) in [7, 11) is 0. The highest BCUT2D eigenvalue weighted by Gasteiger charge is 2.22. The van der Waals surface area contributed by atoms with E-state index in [-0.39, 0.29) is 10.6 Å². The third-order valence-corrected chi connectivity index (χ3v) is 2.79. The van der Waals surface area contributed by atoms with E-state index in [1.807, 2.05) is 0 Å². The van der Waals surface area contributed by atoms with Crippen molar-refractivity contribution in [3.63, 3.8) is 0 Å². The number of benzene rings is 1. The Hall–Kier alpha value is -1.10. The van der Waals surface area contributed by atoms with Crippen LogP contribution < -0.4 is 5.32 Å². The molecule has 0 radical (unpaired) electrons. The predicted molar refractivity (Wildman–Crippen MR) is 57.4 cm³/mol. The fourth-order valence-electron chi connectivity index (χ4n) is 1.19. The summed E-state index contributed by atoms with van der Waals surface area (Å²) >= 11 is 3.35. The topological polar surface area (TPSA) is 55.2 Å². The van der Waals surface area contributed by atoms with E-state index in [2.05, 4.69) is 21.2 Å². The lowest BCUT2D eigenvalue weighted by Gasteiger charge is -2.06. The third kappa shape index (κ3) is 2.04. The largest absolute Gasteiger partial charge is 0.381 e. The first-order valence-electron chi connectivity index (χ1n) is 4.37. The summed E-state index contributed by atoms with van der Waals surface area (Å²) in [5, 5.41) is 13.8.